The fourth-order valence-corrected chi connectivity index (χ4v) is 3.00. The average Bonchev–Trinajstić information content (AvgIpc) is 2.64. The van der Waals surface area contributed by atoms with Gasteiger partial charge in [-0.2, -0.15) is 5.06 Å². The summed E-state index contributed by atoms with van der Waals surface area (Å²) in [5.74, 6) is -0.0242. The van der Waals surface area contributed by atoms with Crippen molar-refractivity contribution in [3.63, 3.8) is 0 Å². The largest absolute Gasteiger partial charge is 0.314 e. The van der Waals surface area contributed by atoms with Crippen LogP contribution < -0.4 is 4.90 Å². The molecule has 1 amide bonds. The van der Waals surface area contributed by atoms with Gasteiger partial charge >= 0.3 is 0 Å². The molecular formula is C17H17ClN2O2. The number of amides is 1. The molecule has 1 unspecified atom stereocenters. The minimum Gasteiger partial charge on any atom is -0.314 e. The van der Waals surface area contributed by atoms with Gasteiger partial charge in [-0.05, 0) is 23.8 Å². The molecule has 3 rings (SSSR count). The third-order valence-corrected chi connectivity index (χ3v) is 4.18. The second-order valence-electron chi connectivity index (χ2n) is 5.23. The maximum Gasteiger partial charge on any atom is 0.243 e. The van der Waals surface area contributed by atoms with E-state index in [0.29, 0.717) is 5.02 Å². The highest BCUT2D eigenvalue weighted by molar-refractivity contribution is 6.30. The fourth-order valence-electron chi connectivity index (χ4n) is 2.82. The number of halogens is 1. The predicted molar refractivity (Wildman–Crippen MR) is 86.9 cm³/mol. The number of hydrogen-bond acceptors (Lipinski definition) is 3. The Balaban J connectivity index is 2.22. The number of likely N-dealkylation sites (N-methyl/N-ethyl adjacent to an activating group) is 1. The van der Waals surface area contributed by atoms with Crippen LogP contribution in [0.2, 0.25) is 5.02 Å². The number of nitrogens with zero attached hydrogens (tertiary/aromatic N) is 2. The van der Waals surface area contributed by atoms with Gasteiger partial charge in [0, 0.05) is 23.3 Å². The summed E-state index contributed by atoms with van der Waals surface area (Å²) >= 11 is 6.19. The van der Waals surface area contributed by atoms with Crippen LogP contribution in [-0.2, 0) is 9.63 Å². The van der Waals surface area contributed by atoms with E-state index in [1.54, 1.807) is 30.2 Å². The summed E-state index contributed by atoms with van der Waals surface area (Å²) in [6.45, 7) is 0.179. The number of hydrogen-bond donors (Lipinski definition) is 0. The van der Waals surface area contributed by atoms with Crippen molar-refractivity contribution in [2.75, 3.05) is 25.6 Å². The molecule has 5 heteroatoms. The molecule has 0 N–H and O–H groups in total. The van der Waals surface area contributed by atoms with Crippen molar-refractivity contribution in [1.82, 2.24) is 5.06 Å². The molecule has 0 spiro atoms. The highest BCUT2D eigenvalue weighted by atomic mass is 35.5. The first kappa shape index (κ1) is 15.0. The molecule has 0 bridgehead atoms. The Bertz CT molecular complexity index is 690. The van der Waals surface area contributed by atoms with Gasteiger partial charge in [0.25, 0.3) is 0 Å². The van der Waals surface area contributed by atoms with Gasteiger partial charge in [0.1, 0.15) is 6.54 Å². The van der Waals surface area contributed by atoms with Crippen molar-refractivity contribution in [3.05, 3.63) is 64.7 Å². The molecule has 2 aromatic rings. The predicted octanol–water partition coefficient (Wildman–Crippen LogP) is 3.27. The molecule has 0 aromatic heterocycles. The fraction of sp³-hybridized carbons (Fsp3) is 0.235. The smallest absolute Gasteiger partial charge is 0.243 e. The zero-order chi connectivity index (χ0) is 15.7. The Kier molecular flexibility index (Phi) is 4.16. The molecule has 0 saturated heterocycles. The van der Waals surface area contributed by atoms with Crippen LogP contribution in [0, 0.1) is 0 Å². The van der Waals surface area contributed by atoms with E-state index in [9.17, 15) is 4.79 Å². The van der Waals surface area contributed by atoms with Crippen molar-refractivity contribution in [1.29, 1.82) is 0 Å². The zero-order valence-electron chi connectivity index (χ0n) is 12.5. The molecule has 4 nitrogen and oxygen atoms in total. The van der Waals surface area contributed by atoms with Gasteiger partial charge in [0.05, 0.1) is 13.2 Å². The Hall–Kier alpha value is -1.88. The number of anilines is 1. The molecule has 22 heavy (non-hydrogen) atoms. The van der Waals surface area contributed by atoms with Gasteiger partial charge in [-0.15, -0.1) is 0 Å². The maximum absolute atomic E-state index is 12.4. The number of hydroxylamine groups is 2. The molecule has 2 aromatic carbocycles. The number of benzene rings is 2. The van der Waals surface area contributed by atoms with Crippen LogP contribution in [0.3, 0.4) is 0 Å². The van der Waals surface area contributed by atoms with Gasteiger partial charge < -0.3 is 9.74 Å². The minimum atomic E-state index is -0.186. The summed E-state index contributed by atoms with van der Waals surface area (Å²) in [4.78, 5) is 19.5. The van der Waals surface area contributed by atoms with E-state index < -0.39 is 0 Å². The SMILES string of the molecule is CON1CC(=O)N(C)c2ccc(Cl)cc2C1c1ccccc1. The van der Waals surface area contributed by atoms with E-state index in [0.717, 1.165) is 16.8 Å². The summed E-state index contributed by atoms with van der Waals surface area (Å²) in [6.07, 6.45) is 0. The lowest BCUT2D eigenvalue weighted by atomic mass is 9.97. The zero-order valence-corrected chi connectivity index (χ0v) is 13.2. The third kappa shape index (κ3) is 2.61. The summed E-state index contributed by atoms with van der Waals surface area (Å²) in [5, 5.41) is 2.33. The standard InChI is InChI=1S/C17H17ClN2O2/c1-19-15-9-8-13(18)10-14(15)17(12-6-4-3-5-7-12)20(22-2)11-16(19)21/h3-10,17H,11H2,1-2H3. The van der Waals surface area contributed by atoms with E-state index in [1.165, 1.54) is 0 Å². The Morgan fingerprint density at radius 2 is 1.91 bits per heavy atom. The van der Waals surface area contributed by atoms with Crippen molar-refractivity contribution in [2.45, 2.75) is 6.04 Å². The lowest BCUT2D eigenvalue weighted by Crippen LogP contribution is -2.36. The Morgan fingerprint density at radius 1 is 1.18 bits per heavy atom. The first-order valence-corrected chi connectivity index (χ1v) is 7.41. The molecule has 0 saturated carbocycles. The molecular weight excluding hydrogens is 300 g/mol. The van der Waals surface area contributed by atoms with E-state index in [-0.39, 0.29) is 18.5 Å². The monoisotopic (exact) mass is 316 g/mol. The first-order valence-electron chi connectivity index (χ1n) is 7.03. The number of carbonyl (C=O) groups is 1. The van der Waals surface area contributed by atoms with E-state index in [1.807, 2.05) is 42.5 Å². The van der Waals surface area contributed by atoms with Crippen LogP contribution in [0.5, 0.6) is 0 Å². The van der Waals surface area contributed by atoms with E-state index >= 15 is 0 Å². The number of carbonyl (C=O) groups excluding carboxylic acids is 1. The van der Waals surface area contributed by atoms with Gasteiger partial charge in [-0.3, -0.25) is 4.79 Å². The van der Waals surface area contributed by atoms with Crippen LogP contribution >= 0.6 is 11.6 Å². The highest BCUT2D eigenvalue weighted by Crippen LogP contribution is 2.38. The first-order chi connectivity index (χ1) is 10.6. The van der Waals surface area contributed by atoms with Crippen molar-refractivity contribution in [2.24, 2.45) is 0 Å². The molecule has 0 aliphatic carbocycles. The molecule has 1 atom stereocenters. The van der Waals surface area contributed by atoms with E-state index in [2.05, 4.69) is 0 Å². The molecule has 1 aliphatic heterocycles. The summed E-state index contributed by atoms with van der Waals surface area (Å²) < 4.78 is 0. The van der Waals surface area contributed by atoms with Crippen molar-refractivity contribution >= 4 is 23.2 Å². The maximum atomic E-state index is 12.4. The lowest BCUT2D eigenvalue weighted by molar-refractivity contribution is -0.161. The van der Waals surface area contributed by atoms with Gasteiger partial charge in [0.2, 0.25) is 5.91 Å². The second-order valence-corrected chi connectivity index (χ2v) is 5.66. The minimum absolute atomic E-state index is 0.0242. The van der Waals surface area contributed by atoms with Crippen LogP contribution in [0.25, 0.3) is 0 Å². The third-order valence-electron chi connectivity index (χ3n) is 3.95. The van der Waals surface area contributed by atoms with Crippen molar-refractivity contribution in [3.8, 4) is 0 Å². The Morgan fingerprint density at radius 3 is 2.59 bits per heavy atom. The normalized spacial score (nSPS) is 19.0. The second kappa shape index (κ2) is 6.08. The topological polar surface area (TPSA) is 32.8 Å². The van der Waals surface area contributed by atoms with Gasteiger partial charge in [-0.1, -0.05) is 41.9 Å². The summed E-state index contributed by atoms with van der Waals surface area (Å²) in [6, 6.07) is 15.4. The quantitative estimate of drug-likeness (QED) is 0.852. The Labute approximate surface area is 134 Å². The van der Waals surface area contributed by atoms with Gasteiger partial charge in [-0.25, -0.2) is 0 Å². The van der Waals surface area contributed by atoms with Crippen LogP contribution in [-0.4, -0.2) is 31.7 Å². The van der Waals surface area contributed by atoms with Crippen LogP contribution in [0.15, 0.2) is 48.5 Å². The van der Waals surface area contributed by atoms with Crippen LogP contribution in [0.1, 0.15) is 17.2 Å². The molecule has 114 valence electrons. The number of fused-ring (bicyclic) bond motifs is 1. The molecule has 1 aliphatic rings. The number of rotatable bonds is 2. The average molecular weight is 317 g/mol. The lowest BCUT2D eigenvalue weighted by Gasteiger charge is -2.28. The van der Waals surface area contributed by atoms with Crippen molar-refractivity contribution < 1.29 is 9.63 Å². The highest BCUT2D eigenvalue weighted by Gasteiger charge is 2.33. The molecule has 0 radical (unpaired) electrons. The summed E-state index contributed by atoms with van der Waals surface area (Å²) in [7, 11) is 3.36. The summed E-state index contributed by atoms with van der Waals surface area (Å²) in [5.41, 5.74) is 2.85. The van der Waals surface area contributed by atoms with Gasteiger partial charge in [0.15, 0.2) is 0 Å². The molecule has 1 heterocycles. The van der Waals surface area contributed by atoms with Crippen LogP contribution in [0.4, 0.5) is 5.69 Å². The van der Waals surface area contributed by atoms with E-state index in [4.69, 9.17) is 16.4 Å². The molecule has 0 fully saturated rings.